The molecule has 2 heteroatoms. The van der Waals surface area contributed by atoms with Crippen molar-refractivity contribution < 1.29 is 9.53 Å². The van der Waals surface area contributed by atoms with E-state index in [0.29, 0.717) is 12.4 Å². The molecule has 0 aromatic heterocycles. The predicted octanol–water partition coefficient (Wildman–Crippen LogP) is 2.89. The van der Waals surface area contributed by atoms with Crippen LogP contribution in [0.15, 0.2) is 30.3 Å². The summed E-state index contributed by atoms with van der Waals surface area (Å²) in [5, 5.41) is 0. The molecule has 0 heterocycles. The molecule has 0 unspecified atom stereocenters. The molecule has 15 heavy (non-hydrogen) atoms. The summed E-state index contributed by atoms with van der Waals surface area (Å²) >= 11 is 0. The van der Waals surface area contributed by atoms with Gasteiger partial charge in [0.15, 0.2) is 0 Å². The molecule has 1 aromatic carbocycles. The quantitative estimate of drug-likeness (QED) is 0.708. The van der Waals surface area contributed by atoms with Crippen LogP contribution in [-0.4, -0.2) is 12.6 Å². The summed E-state index contributed by atoms with van der Waals surface area (Å²) in [6.45, 7) is 0.589. The third kappa shape index (κ3) is 2.38. The number of carbonyl (C=O) groups is 1. The van der Waals surface area contributed by atoms with Gasteiger partial charge < -0.3 is 4.74 Å². The third-order valence-corrected chi connectivity index (χ3v) is 3.16. The largest absolute Gasteiger partial charge is 0.464 e. The first-order valence-corrected chi connectivity index (χ1v) is 5.56. The van der Waals surface area contributed by atoms with Crippen molar-refractivity contribution in [3.63, 3.8) is 0 Å². The highest BCUT2D eigenvalue weighted by atomic mass is 16.5. The highest BCUT2D eigenvalue weighted by Crippen LogP contribution is 2.34. The van der Waals surface area contributed by atoms with Crippen LogP contribution >= 0.6 is 0 Å². The molecule has 2 atom stereocenters. The summed E-state index contributed by atoms with van der Waals surface area (Å²) in [6, 6.07) is 10.3. The maximum atomic E-state index is 10.4. The van der Waals surface area contributed by atoms with Gasteiger partial charge in [-0.2, -0.15) is 0 Å². The second kappa shape index (κ2) is 4.96. The molecule has 1 aromatic rings. The number of carbonyl (C=O) groups excluding carboxylic acids is 1. The second-order valence-corrected chi connectivity index (χ2v) is 4.07. The molecule has 0 amide bonds. The zero-order valence-corrected chi connectivity index (χ0v) is 8.76. The number of rotatable bonds is 3. The number of benzene rings is 1. The SMILES string of the molecule is O=CO[C@@H]1CCCC[C@H]1c1ccccc1. The lowest BCUT2D eigenvalue weighted by Crippen LogP contribution is -2.25. The van der Waals surface area contributed by atoms with Crippen LogP contribution in [0.3, 0.4) is 0 Å². The molecule has 2 rings (SSSR count). The maximum absolute atomic E-state index is 10.4. The molecule has 1 fully saturated rings. The molecular weight excluding hydrogens is 188 g/mol. The van der Waals surface area contributed by atoms with E-state index in [2.05, 4.69) is 12.1 Å². The summed E-state index contributed by atoms with van der Waals surface area (Å²) in [7, 11) is 0. The van der Waals surface area contributed by atoms with Crippen LogP contribution in [-0.2, 0) is 9.53 Å². The van der Waals surface area contributed by atoms with Crippen LogP contribution in [0.2, 0.25) is 0 Å². The van der Waals surface area contributed by atoms with Crippen molar-refractivity contribution in [2.45, 2.75) is 37.7 Å². The molecule has 80 valence electrons. The van der Waals surface area contributed by atoms with Crippen LogP contribution in [0, 0.1) is 0 Å². The Kier molecular flexibility index (Phi) is 3.38. The first kappa shape index (κ1) is 10.2. The summed E-state index contributed by atoms with van der Waals surface area (Å²) in [5.74, 6) is 0.394. The normalized spacial score (nSPS) is 25.9. The van der Waals surface area contributed by atoms with Crippen LogP contribution < -0.4 is 0 Å². The molecule has 0 N–H and O–H groups in total. The Morgan fingerprint density at radius 2 is 1.87 bits per heavy atom. The van der Waals surface area contributed by atoms with Gasteiger partial charge in [0.25, 0.3) is 6.47 Å². The van der Waals surface area contributed by atoms with Crippen molar-refractivity contribution >= 4 is 6.47 Å². The van der Waals surface area contributed by atoms with Crippen molar-refractivity contribution in [3.8, 4) is 0 Å². The van der Waals surface area contributed by atoms with E-state index >= 15 is 0 Å². The smallest absolute Gasteiger partial charge is 0.293 e. The summed E-state index contributed by atoms with van der Waals surface area (Å²) in [6.07, 6.45) is 4.61. The van der Waals surface area contributed by atoms with E-state index in [1.165, 1.54) is 18.4 Å². The summed E-state index contributed by atoms with van der Waals surface area (Å²) in [4.78, 5) is 10.4. The highest BCUT2D eigenvalue weighted by molar-refractivity contribution is 5.38. The van der Waals surface area contributed by atoms with Crippen LogP contribution in [0.5, 0.6) is 0 Å². The van der Waals surface area contributed by atoms with Crippen molar-refractivity contribution in [2.24, 2.45) is 0 Å². The number of hydrogen-bond acceptors (Lipinski definition) is 2. The molecule has 2 nitrogen and oxygen atoms in total. The van der Waals surface area contributed by atoms with E-state index in [4.69, 9.17) is 4.74 Å². The summed E-state index contributed by atoms with van der Waals surface area (Å²) < 4.78 is 5.17. The van der Waals surface area contributed by atoms with Crippen LogP contribution in [0.25, 0.3) is 0 Å². The average Bonchev–Trinajstić information content (AvgIpc) is 2.31. The van der Waals surface area contributed by atoms with E-state index < -0.39 is 0 Å². The van der Waals surface area contributed by atoms with Gasteiger partial charge >= 0.3 is 0 Å². The maximum Gasteiger partial charge on any atom is 0.293 e. The second-order valence-electron chi connectivity index (χ2n) is 4.07. The summed E-state index contributed by atoms with van der Waals surface area (Å²) in [5.41, 5.74) is 1.30. The number of hydrogen-bond donors (Lipinski definition) is 0. The topological polar surface area (TPSA) is 26.3 Å². The van der Waals surface area contributed by atoms with Gasteiger partial charge in [-0.05, 0) is 24.8 Å². The average molecular weight is 204 g/mol. The van der Waals surface area contributed by atoms with Gasteiger partial charge in [0.05, 0.1) is 0 Å². The minimum absolute atomic E-state index is 0.0821. The van der Waals surface area contributed by atoms with Crippen LogP contribution in [0.4, 0.5) is 0 Å². The lowest BCUT2D eigenvalue weighted by atomic mass is 9.82. The number of ether oxygens (including phenoxy) is 1. The van der Waals surface area contributed by atoms with Gasteiger partial charge in [0.2, 0.25) is 0 Å². The lowest BCUT2D eigenvalue weighted by Gasteiger charge is -2.30. The predicted molar refractivity (Wildman–Crippen MR) is 58.6 cm³/mol. The molecule has 1 aliphatic rings. The monoisotopic (exact) mass is 204 g/mol. The van der Waals surface area contributed by atoms with Gasteiger partial charge in [-0.15, -0.1) is 0 Å². The molecule has 1 aliphatic carbocycles. The van der Waals surface area contributed by atoms with E-state index in [1.54, 1.807) is 0 Å². The first-order valence-electron chi connectivity index (χ1n) is 5.56. The Hall–Kier alpha value is -1.31. The minimum Gasteiger partial charge on any atom is -0.464 e. The molecular formula is C13H16O2. The Bertz CT molecular complexity index is 308. The van der Waals surface area contributed by atoms with Gasteiger partial charge in [0.1, 0.15) is 6.10 Å². The van der Waals surface area contributed by atoms with E-state index in [0.717, 1.165) is 12.8 Å². The molecule has 0 spiro atoms. The molecule has 0 saturated heterocycles. The first-order chi connectivity index (χ1) is 7.42. The van der Waals surface area contributed by atoms with Crippen molar-refractivity contribution in [1.29, 1.82) is 0 Å². The lowest BCUT2D eigenvalue weighted by molar-refractivity contribution is -0.135. The molecule has 0 aliphatic heterocycles. The Morgan fingerprint density at radius 3 is 2.60 bits per heavy atom. The van der Waals surface area contributed by atoms with Gasteiger partial charge in [0, 0.05) is 5.92 Å². The molecule has 1 saturated carbocycles. The Balaban J connectivity index is 2.14. The van der Waals surface area contributed by atoms with E-state index in [9.17, 15) is 4.79 Å². The highest BCUT2D eigenvalue weighted by Gasteiger charge is 2.27. The van der Waals surface area contributed by atoms with E-state index in [-0.39, 0.29) is 6.10 Å². The zero-order valence-electron chi connectivity index (χ0n) is 8.76. The zero-order chi connectivity index (χ0) is 10.5. The Morgan fingerprint density at radius 1 is 1.13 bits per heavy atom. The van der Waals surface area contributed by atoms with Crippen molar-refractivity contribution in [2.75, 3.05) is 0 Å². The minimum atomic E-state index is 0.0821. The van der Waals surface area contributed by atoms with Gasteiger partial charge in [-0.25, -0.2) is 0 Å². The Labute approximate surface area is 90.3 Å². The van der Waals surface area contributed by atoms with Crippen LogP contribution in [0.1, 0.15) is 37.2 Å². The van der Waals surface area contributed by atoms with Gasteiger partial charge in [-0.3, -0.25) is 4.79 Å². The van der Waals surface area contributed by atoms with Crippen molar-refractivity contribution in [1.82, 2.24) is 0 Å². The molecule has 0 bridgehead atoms. The van der Waals surface area contributed by atoms with Gasteiger partial charge in [-0.1, -0.05) is 36.8 Å². The fraction of sp³-hybridized carbons (Fsp3) is 0.462. The third-order valence-electron chi connectivity index (χ3n) is 3.16. The standard InChI is InChI=1S/C13H16O2/c14-10-15-13-9-5-4-8-12(13)11-6-2-1-3-7-11/h1-3,6-7,10,12-13H,4-5,8-9H2/t12-,13+/m0/s1. The van der Waals surface area contributed by atoms with Crippen molar-refractivity contribution in [3.05, 3.63) is 35.9 Å². The molecule has 0 radical (unpaired) electrons. The van der Waals surface area contributed by atoms with E-state index in [1.807, 2.05) is 18.2 Å². The fourth-order valence-corrected chi connectivity index (χ4v) is 2.41. The fourth-order valence-electron chi connectivity index (χ4n) is 2.41.